The highest BCUT2D eigenvalue weighted by Gasteiger charge is 2.29. The maximum Gasteiger partial charge on any atom is 0.279 e. The molecule has 0 amide bonds. The summed E-state index contributed by atoms with van der Waals surface area (Å²) in [6, 6.07) is 0. The quantitative estimate of drug-likeness (QED) is 0.760. The first-order valence-electron chi connectivity index (χ1n) is 6.78. The second kappa shape index (κ2) is 6.84. The number of hydrogen-bond acceptors (Lipinski definition) is 3. The van der Waals surface area contributed by atoms with Gasteiger partial charge in [-0.1, -0.05) is 20.8 Å². The maximum absolute atomic E-state index is 12.1. The molecule has 6 heteroatoms. The summed E-state index contributed by atoms with van der Waals surface area (Å²) in [6.45, 7) is 7.54. The summed E-state index contributed by atoms with van der Waals surface area (Å²) >= 11 is 0. The van der Waals surface area contributed by atoms with E-state index < -0.39 is 16.3 Å². The van der Waals surface area contributed by atoms with Crippen LogP contribution in [0.4, 0.5) is 0 Å². The van der Waals surface area contributed by atoms with Crippen molar-refractivity contribution in [1.29, 1.82) is 0 Å². The smallest absolute Gasteiger partial charge is 0.279 e. The highest BCUT2D eigenvalue weighted by molar-refractivity contribution is 7.87. The Bertz CT molecular complexity index is 335. The molecule has 1 heterocycles. The third kappa shape index (κ3) is 4.84. The van der Waals surface area contributed by atoms with Gasteiger partial charge in [-0.25, -0.2) is 4.72 Å². The van der Waals surface area contributed by atoms with Gasteiger partial charge in [-0.2, -0.15) is 12.7 Å². The number of nitrogens with zero attached hydrogens (tertiary/aromatic N) is 1. The van der Waals surface area contributed by atoms with E-state index in [1.165, 1.54) is 4.31 Å². The Hall–Kier alpha value is -0.170. The summed E-state index contributed by atoms with van der Waals surface area (Å²) < 4.78 is 28.3. The molecule has 2 N–H and O–H groups in total. The minimum absolute atomic E-state index is 0.302. The molecule has 1 fully saturated rings. The van der Waals surface area contributed by atoms with Gasteiger partial charge in [0.15, 0.2) is 0 Å². The monoisotopic (exact) mass is 278 g/mol. The van der Waals surface area contributed by atoms with Crippen LogP contribution in [-0.4, -0.2) is 43.6 Å². The molecule has 0 aromatic rings. The van der Waals surface area contributed by atoms with Crippen molar-refractivity contribution in [3.8, 4) is 0 Å². The first-order chi connectivity index (χ1) is 8.35. The zero-order valence-electron chi connectivity index (χ0n) is 11.6. The van der Waals surface area contributed by atoms with E-state index in [1.807, 2.05) is 6.92 Å². The predicted molar refractivity (Wildman–Crippen MR) is 72.4 cm³/mol. The van der Waals surface area contributed by atoms with E-state index >= 15 is 0 Å². The van der Waals surface area contributed by atoms with Crippen molar-refractivity contribution in [3.05, 3.63) is 0 Å². The van der Waals surface area contributed by atoms with E-state index in [0.717, 1.165) is 6.42 Å². The molecule has 1 aliphatic rings. The predicted octanol–water partition coefficient (Wildman–Crippen LogP) is 0.960. The third-order valence-electron chi connectivity index (χ3n) is 3.41. The van der Waals surface area contributed by atoms with Gasteiger partial charge in [0.05, 0.1) is 6.10 Å². The van der Waals surface area contributed by atoms with Crippen LogP contribution in [0.1, 0.15) is 40.0 Å². The lowest BCUT2D eigenvalue weighted by molar-refractivity contribution is 0.161. The van der Waals surface area contributed by atoms with Crippen LogP contribution < -0.4 is 4.72 Å². The van der Waals surface area contributed by atoms with Gasteiger partial charge in [-0.3, -0.25) is 0 Å². The highest BCUT2D eigenvalue weighted by Crippen LogP contribution is 2.22. The Balaban J connectivity index is 2.47. The highest BCUT2D eigenvalue weighted by atomic mass is 32.2. The van der Waals surface area contributed by atoms with E-state index in [-0.39, 0.29) is 0 Å². The van der Waals surface area contributed by atoms with Crippen LogP contribution in [0.2, 0.25) is 0 Å². The van der Waals surface area contributed by atoms with Crippen LogP contribution in [0.15, 0.2) is 0 Å². The molecule has 18 heavy (non-hydrogen) atoms. The van der Waals surface area contributed by atoms with E-state index in [9.17, 15) is 13.5 Å². The number of nitrogens with one attached hydrogen (secondary N) is 1. The Morgan fingerprint density at radius 3 is 2.39 bits per heavy atom. The first-order valence-corrected chi connectivity index (χ1v) is 8.22. The van der Waals surface area contributed by atoms with Crippen molar-refractivity contribution < 1.29 is 13.5 Å². The molecule has 0 radical (unpaired) electrons. The second-order valence-corrected chi connectivity index (χ2v) is 7.27. The van der Waals surface area contributed by atoms with Gasteiger partial charge in [0, 0.05) is 19.6 Å². The SMILES string of the molecule is CCC(O)CCNS(=O)(=O)N1CC(C)CC(C)C1. The topological polar surface area (TPSA) is 69.6 Å². The minimum atomic E-state index is -3.38. The summed E-state index contributed by atoms with van der Waals surface area (Å²) in [5.74, 6) is 0.818. The van der Waals surface area contributed by atoms with E-state index in [0.29, 0.717) is 44.3 Å². The van der Waals surface area contributed by atoms with Crippen molar-refractivity contribution in [2.24, 2.45) is 11.8 Å². The van der Waals surface area contributed by atoms with Crippen LogP contribution in [0.5, 0.6) is 0 Å². The Morgan fingerprint density at radius 1 is 1.33 bits per heavy atom. The molecule has 5 nitrogen and oxygen atoms in total. The summed E-state index contributed by atoms with van der Waals surface area (Å²) in [6.07, 6.45) is 1.78. The van der Waals surface area contributed by atoms with Gasteiger partial charge in [-0.05, 0) is 31.1 Å². The molecule has 0 aromatic heterocycles. The fourth-order valence-corrected chi connectivity index (χ4v) is 3.91. The van der Waals surface area contributed by atoms with Gasteiger partial charge >= 0.3 is 0 Å². The van der Waals surface area contributed by atoms with Crippen LogP contribution >= 0.6 is 0 Å². The van der Waals surface area contributed by atoms with Crippen molar-refractivity contribution in [2.45, 2.75) is 46.1 Å². The number of piperidine rings is 1. The lowest BCUT2D eigenvalue weighted by Gasteiger charge is -2.34. The Morgan fingerprint density at radius 2 is 1.89 bits per heavy atom. The molecular weight excluding hydrogens is 252 g/mol. The van der Waals surface area contributed by atoms with Crippen LogP contribution in [0, 0.1) is 11.8 Å². The van der Waals surface area contributed by atoms with Crippen molar-refractivity contribution in [1.82, 2.24) is 9.03 Å². The first kappa shape index (κ1) is 15.9. The number of aliphatic hydroxyl groups is 1. The van der Waals surface area contributed by atoms with E-state index in [1.54, 1.807) is 0 Å². The number of aliphatic hydroxyl groups excluding tert-OH is 1. The van der Waals surface area contributed by atoms with Gasteiger partial charge in [0.1, 0.15) is 0 Å². The second-order valence-electron chi connectivity index (χ2n) is 5.51. The molecule has 1 aliphatic heterocycles. The molecule has 0 bridgehead atoms. The molecule has 1 rings (SSSR count). The lowest BCUT2D eigenvalue weighted by atomic mass is 9.94. The Kier molecular flexibility index (Phi) is 6.04. The average molecular weight is 278 g/mol. The van der Waals surface area contributed by atoms with Crippen LogP contribution in [0.3, 0.4) is 0 Å². The standard InChI is InChI=1S/C12H26N2O3S/c1-4-12(15)5-6-13-18(16,17)14-8-10(2)7-11(3)9-14/h10-13,15H,4-9H2,1-3H3. The normalized spacial score (nSPS) is 28.2. The molecule has 0 spiro atoms. The molecule has 3 atom stereocenters. The molecule has 0 saturated carbocycles. The van der Waals surface area contributed by atoms with Gasteiger partial charge in [0.2, 0.25) is 0 Å². The molecule has 3 unspecified atom stereocenters. The van der Waals surface area contributed by atoms with Crippen LogP contribution in [0.25, 0.3) is 0 Å². The fraction of sp³-hybridized carbons (Fsp3) is 1.00. The van der Waals surface area contributed by atoms with Crippen molar-refractivity contribution >= 4 is 10.2 Å². The van der Waals surface area contributed by atoms with Crippen molar-refractivity contribution in [2.75, 3.05) is 19.6 Å². The van der Waals surface area contributed by atoms with Crippen LogP contribution in [-0.2, 0) is 10.2 Å². The van der Waals surface area contributed by atoms with Gasteiger partial charge in [-0.15, -0.1) is 0 Å². The fourth-order valence-electron chi connectivity index (χ4n) is 2.45. The van der Waals surface area contributed by atoms with Gasteiger partial charge in [0.25, 0.3) is 10.2 Å². The summed E-state index contributed by atoms with van der Waals surface area (Å²) in [7, 11) is -3.38. The van der Waals surface area contributed by atoms with Gasteiger partial charge < -0.3 is 5.11 Å². The zero-order chi connectivity index (χ0) is 13.8. The number of hydrogen-bond donors (Lipinski definition) is 2. The molecule has 0 aromatic carbocycles. The molecule has 108 valence electrons. The summed E-state index contributed by atoms with van der Waals surface area (Å²) in [5.41, 5.74) is 0. The molecule has 1 saturated heterocycles. The summed E-state index contributed by atoms with van der Waals surface area (Å²) in [5, 5.41) is 9.40. The largest absolute Gasteiger partial charge is 0.393 e. The van der Waals surface area contributed by atoms with E-state index in [4.69, 9.17) is 0 Å². The summed E-state index contributed by atoms with van der Waals surface area (Å²) in [4.78, 5) is 0. The minimum Gasteiger partial charge on any atom is -0.393 e. The Labute approximate surface area is 111 Å². The van der Waals surface area contributed by atoms with Crippen molar-refractivity contribution in [3.63, 3.8) is 0 Å². The molecule has 0 aliphatic carbocycles. The number of rotatable bonds is 6. The zero-order valence-corrected chi connectivity index (χ0v) is 12.4. The lowest BCUT2D eigenvalue weighted by Crippen LogP contribution is -2.48. The van der Waals surface area contributed by atoms with E-state index in [2.05, 4.69) is 18.6 Å². The average Bonchev–Trinajstić information content (AvgIpc) is 2.27. The maximum atomic E-state index is 12.1. The third-order valence-corrected chi connectivity index (χ3v) is 4.96. The molecular formula is C12H26N2O3S.